The maximum absolute atomic E-state index is 9.56. The van der Waals surface area contributed by atoms with Crippen molar-refractivity contribution >= 4 is 59.3 Å². The third kappa shape index (κ3) is 10.4. The zero-order chi connectivity index (χ0) is 5.91. The van der Waals surface area contributed by atoms with Crippen LogP contribution in [0.15, 0.2) is 0 Å². The Balaban J connectivity index is 0. The van der Waals surface area contributed by atoms with Crippen LogP contribution in [-0.2, 0) is 14.6 Å². The van der Waals surface area contributed by atoms with Gasteiger partial charge in [0.1, 0.15) is 0 Å². The van der Waals surface area contributed by atoms with Crippen molar-refractivity contribution in [2.45, 2.75) is 6.92 Å². The summed E-state index contributed by atoms with van der Waals surface area (Å²) in [6, 6.07) is 0. The third-order valence-electron chi connectivity index (χ3n) is 0.267. The first-order valence-electron chi connectivity index (χ1n) is 1.68. The summed E-state index contributed by atoms with van der Waals surface area (Å²) in [6.07, 6.45) is 0. The maximum atomic E-state index is 9.56. The third-order valence-corrected chi connectivity index (χ3v) is 0.800. The van der Waals surface area contributed by atoms with E-state index in [-0.39, 0.29) is 55.5 Å². The molecule has 4 nitrogen and oxygen atoms in total. The molecule has 0 aliphatic heterocycles. The van der Waals surface area contributed by atoms with Crippen molar-refractivity contribution in [3.8, 4) is 0 Å². The number of hydrogen-bond donors (Lipinski definition) is 1. The van der Waals surface area contributed by atoms with Crippen LogP contribution in [-0.4, -0.2) is 68.5 Å². The van der Waals surface area contributed by atoms with Crippen LogP contribution in [0.3, 0.4) is 0 Å². The van der Waals surface area contributed by atoms with E-state index in [0.717, 1.165) is 0 Å². The molecule has 0 aromatic carbocycles. The Morgan fingerprint density at radius 1 is 1.62 bits per heavy atom. The minimum absolute atomic E-state index is 0. The molecule has 0 saturated carbocycles. The molecule has 48 valence electrons. The fourth-order valence-electron chi connectivity index (χ4n) is 0.149. The van der Waals surface area contributed by atoms with Crippen LogP contribution in [0.1, 0.15) is 6.92 Å². The Morgan fingerprint density at radius 2 is 2.00 bits per heavy atom. The fourth-order valence-corrected chi connectivity index (χ4v) is 0.447. The van der Waals surface area contributed by atoms with Gasteiger partial charge in [-0.05, 0) is 6.92 Å². The van der Waals surface area contributed by atoms with Crippen molar-refractivity contribution in [1.29, 1.82) is 0 Å². The molecule has 0 aliphatic carbocycles. The molecule has 8 heavy (non-hydrogen) atoms. The van der Waals surface area contributed by atoms with Crippen molar-refractivity contribution < 1.29 is 17.2 Å². The normalized spacial score (nSPS) is 10.2. The van der Waals surface area contributed by atoms with Gasteiger partial charge >= 0.3 is 59.3 Å². The van der Waals surface area contributed by atoms with Crippen LogP contribution >= 0.6 is 0 Å². The van der Waals surface area contributed by atoms with Gasteiger partial charge in [0, 0.05) is 0 Å². The molecule has 1 N–H and O–H groups in total. The molecule has 0 aromatic rings. The van der Waals surface area contributed by atoms with E-state index < -0.39 is 10.4 Å². The molecule has 0 aliphatic rings. The van der Waals surface area contributed by atoms with Crippen LogP contribution in [0.2, 0.25) is 0 Å². The van der Waals surface area contributed by atoms with E-state index in [9.17, 15) is 8.42 Å². The van der Waals surface area contributed by atoms with Gasteiger partial charge in [0.15, 0.2) is 0 Å². The molecule has 0 fully saturated rings. The van der Waals surface area contributed by atoms with Crippen molar-refractivity contribution in [1.82, 2.24) is 0 Å². The van der Waals surface area contributed by atoms with Crippen LogP contribution in [0.25, 0.3) is 0 Å². The monoisotopic (exact) mass is 266 g/mol. The summed E-state index contributed by atoms with van der Waals surface area (Å²) < 4.78 is 30.7. The van der Waals surface area contributed by atoms with Crippen LogP contribution in [0.5, 0.6) is 0 Å². The van der Waals surface area contributed by atoms with Crippen molar-refractivity contribution in [3.05, 3.63) is 0 Å². The van der Waals surface area contributed by atoms with E-state index in [1.807, 2.05) is 0 Å². The summed E-state index contributed by atoms with van der Waals surface area (Å²) in [6.45, 7) is 1.44. The molecule has 0 amide bonds. The van der Waals surface area contributed by atoms with E-state index in [4.69, 9.17) is 4.55 Å². The predicted molar refractivity (Wildman–Crippen MR) is 31.7 cm³/mol. The first kappa shape index (κ1) is 12.1. The van der Waals surface area contributed by atoms with Crippen LogP contribution in [0.4, 0.5) is 0 Å². The molecule has 0 aromatic heterocycles. The van der Waals surface area contributed by atoms with Crippen LogP contribution in [0, 0.1) is 0 Å². The van der Waals surface area contributed by atoms with Gasteiger partial charge in [0.2, 0.25) is 0 Å². The molecule has 0 atom stereocenters. The summed E-state index contributed by atoms with van der Waals surface area (Å²) in [5.74, 6) is 0. The van der Waals surface area contributed by atoms with Crippen LogP contribution < -0.4 is 0 Å². The molecule has 0 spiro atoms. The minimum atomic E-state index is -4.17. The predicted octanol–water partition coefficient (Wildman–Crippen LogP) is -1.09. The Hall–Kier alpha value is 1.44. The molecule has 0 unspecified atom stereocenters. The Labute approximate surface area is 88.6 Å². The summed E-state index contributed by atoms with van der Waals surface area (Å²) in [4.78, 5) is 0. The van der Waals surface area contributed by atoms with E-state index in [1.165, 1.54) is 6.92 Å². The second-order valence-electron chi connectivity index (χ2n) is 0.834. The van der Waals surface area contributed by atoms with Crippen molar-refractivity contribution in [2.75, 3.05) is 6.61 Å². The topological polar surface area (TPSA) is 63.6 Å². The summed E-state index contributed by atoms with van der Waals surface area (Å²) in [7, 11) is -4.17. The Morgan fingerprint density at radius 3 is 2.00 bits per heavy atom. The van der Waals surface area contributed by atoms with E-state index >= 15 is 0 Å². The fraction of sp³-hybridized carbons (Fsp3) is 1.00. The van der Waals surface area contributed by atoms with Gasteiger partial charge in [0.05, 0.1) is 6.61 Å². The van der Waals surface area contributed by atoms with Gasteiger partial charge < -0.3 is 0 Å². The molecular formula is C2H8BaO4S. The zero-order valence-corrected chi connectivity index (χ0v) is 4.60. The van der Waals surface area contributed by atoms with Crippen molar-refractivity contribution in [2.24, 2.45) is 0 Å². The standard InChI is InChI=1S/C2H6O4S.Ba.2H/c1-2-6-7(3,4)5;;;/h2H2,1H3,(H,3,4,5);;;. The van der Waals surface area contributed by atoms with Gasteiger partial charge in [-0.2, -0.15) is 8.42 Å². The average molecular weight is 265 g/mol. The summed E-state index contributed by atoms with van der Waals surface area (Å²) in [5, 5.41) is 0. The SMILES string of the molecule is CCOS(=O)(=O)O.[BaH2]. The number of hydrogen-bond acceptors (Lipinski definition) is 3. The molecule has 0 rings (SSSR count). The molecule has 0 bridgehead atoms. The molecule has 0 heterocycles. The zero-order valence-electron chi connectivity index (χ0n) is 3.79. The van der Waals surface area contributed by atoms with Crippen molar-refractivity contribution in [3.63, 3.8) is 0 Å². The molecular weight excluding hydrogens is 257 g/mol. The molecule has 0 saturated heterocycles. The first-order chi connectivity index (χ1) is 3.06. The Kier molecular flexibility index (Phi) is 7.96. The quantitative estimate of drug-likeness (QED) is 0.509. The van der Waals surface area contributed by atoms with E-state index in [2.05, 4.69) is 4.18 Å². The second-order valence-corrected chi connectivity index (χ2v) is 1.93. The van der Waals surface area contributed by atoms with E-state index in [1.54, 1.807) is 0 Å². The summed E-state index contributed by atoms with van der Waals surface area (Å²) in [5.41, 5.74) is 0. The van der Waals surface area contributed by atoms with E-state index in [0.29, 0.717) is 0 Å². The summed E-state index contributed by atoms with van der Waals surface area (Å²) >= 11 is 0. The average Bonchev–Trinajstić information content (AvgIpc) is 1.30. The first-order valence-corrected chi connectivity index (χ1v) is 3.04. The van der Waals surface area contributed by atoms with Gasteiger partial charge in [-0.3, -0.25) is 4.55 Å². The van der Waals surface area contributed by atoms with Gasteiger partial charge in [-0.15, -0.1) is 0 Å². The number of rotatable bonds is 2. The van der Waals surface area contributed by atoms with Gasteiger partial charge in [-0.25, -0.2) is 4.18 Å². The Bertz CT molecular complexity index is 127. The second kappa shape index (κ2) is 5.24. The van der Waals surface area contributed by atoms with Gasteiger partial charge in [-0.1, -0.05) is 0 Å². The molecule has 0 radical (unpaired) electrons. The molecule has 6 heteroatoms. The van der Waals surface area contributed by atoms with Gasteiger partial charge in [0.25, 0.3) is 0 Å².